The van der Waals surface area contributed by atoms with E-state index in [2.05, 4.69) is 10.5 Å². The van der Waals surface area contributed by atoms with Crippen molar-refractivity contribution in [1.29, 1.82) is 0 Å². The number of nitrogens with one attached hydrogen (secondary N) is 1. The molecule has 1 rings (SSSR count). The van der Waals surface area contributed by atoms with Gasteiger partial charge in [-0.25, -0.2) is 0 Å². The molecular formula is C7H14N4O2. The van der Waals surface area contributed by atoms with Crippen LogP contribution in [0.4, 0.5) is 0 Å². The predicted molar refractivity (Wildman–Crippen MR) is 47.2 cm³/mol. The highest BCUT2D eigenvalue weighted by Crippen LogP contribution is 2.18. The van der Waals surface area contributed by atoms with Crippen LogP contribution < -0.4 is 11.1 Å². The lowest BCUT2D eigenvalue weighted by Gasteiger charge is -2.15. The molecular weight excluding hydrogens is 172 g/mol. The van der Waals surface area contributed by atoms with Crippen LogP contribution in [0.5, 0.6) is 0 Å². The van der Waals surface area contributed by atoms with Crippen LogP contribution in [0, 0.1) is 0 Å². The summed E-state index contributed by atoms with van der Waals surface area (Å²) in [5, 5.41) is 13.9. The van der Waals surface area contributed by atoms with Crippen molar-refractivity contribution in [1.82, 2.24) is 10.2 Å². The van der Waals surface area contributed by atoms with E-state index in [1.165, 1.54) is 4.90 Å². The smallest absolute Gasteiger partial charge is 0.239 e. The highest BCUT2D eigenvalue weighted by molar-refractivity contribution is 5.85. The van der Waals surface area contributed by atoms with E-state index in [-0.39, 0.29) is 18.4 Å². The van der Waals surface area contributed by atoms with Crippen molar-refractivity contribution in [2.75, 3.05) is 13.6 Å². The summed E-state index contributed by atoms with van der Waals surface area (Å²) in [5.41, 5.74) is 5.26. The van der Waals surface area contributed by atoms with Crippen molar-refractivity contribution in [3.63, 3.8) is 0 Å². The van der Waals surface area contributed by atoms with E-state index in [0.29, 0.717) is 6.04 Å². The lowest BCUT2D eigenvalue weighted by molar-refractivity contribution is -0.121. The number of oxime groups is 1. The summed E-state index contributed by atoms with van der Waals surface area (Å²) >= 11 is 0. The molecule has 0 aromatic rings. The fourth-order valence-corrected chi connectivity index (χ4v) is 0.874. The summed E-state index contributed by atoms with van der Waals surface area (Å²) in [6.45, 7) is 0.117. The molecule has 0 heterocycles. The molecule has 1 amide bonds. The third-order valence-electron chi connectivity index (χ3n) is 1.82. The van der Waals surface area contributed by atoms with Gasteiger partial charge in [0.15, 0.2) is 0 Å². The van der Waals surface area contributed by atoms with E-state index in [4.69, 9.17) is 10.9 Å². The van der Waals surface area contributed by atoms with E-state index in [9.17, 15) is 4.79 Å². The minimum absolute atomic E-state index is 0.0639. The summed E-state index contributed by atoms with van der Waals surface area (Å²) in [5.74, 6) is -0.164. The Morgan fingerprint density at radius 2 is 2.38 bits per heavy atom. The van der Waals surface area contributed by atoms with Gasteiger partial charge in [-0.05, 0) is 12.8 Å². The Kier molecular flexibility index (Phi) is 2.94. The Balaban J connectivity index is 2.25. The monoisotopic (exact) mass is 186 g/mol. The number of likely N-dealkylation sites (N-methyl/N-ethyl adjacent to an activating group) is 1. The summed E-state index contributed by atoms with van der Waals surface area (Å²) in [4.78, 5) is 12.6. The summed E-state index contributed by atoms with van der Waals surface area (Å²) in [6.07, 6.45) is 2.11. The van der Waals surface area contributed by atoms with Crippen LogP contribution in [0.15, 0.2) is 5.16 Å². The van der Waals surface area contributed by atoms with Crippen LogP contribution in [0.25, 0.3) is 0 Å². The lowest BCUT2D eigenvalue weighted by Crippen LogP contribution is -2.42. The zero-order valence-electron chi connectivity index (χ0n) is 7.53. The number of nitrogens with two attached hydrogens (primary N) is 1. The van der Waals surface area contributed by atoms with Crippen LogP contribution >= 0.6 is 0 Å². The molecule has 1 aliphatic rings. The number of amides is 1. The van der Waals surface area contributed by atoms with Gasteiger partial charge in [0.2, 0.25) is 11.9 Å². The van der Waals surface area contributed by atoms with Gasteiger partial charge >= 0.3 is 0 Å². The van der Waals surface area contributed by atoms with Gasteiger partial charge in [0.1, 0.15) is 0 Å². The molecule has 74 valence electrons. The molecule has 0 aliphatic heterocycles. The van der Waals surface area contributed by atoms with Crippen molar-refractivity contribution in [3.05, 3.63) is 0 Å². The fourth-order valence-electron chi connectivity index (χ4n) is 0.874. The van der Waals surface area contributed by atoms with E-state index < -0.39 is 0 Å². The molecule has 0 aromatic heterocycles. The topological polar surface area (TPSA) is 91.0 Å². The maximum atomic E-state index is 11.2. The van der Waals surface area contributed by atoms with Crippen LogP contribution in [0.2, 0.25) is 0 Å². The van der Waals surface area contributed by atoms with E-state index in [1.807, 2.05) is 0 Å². The summed E-state index contributed by atoms with van der Waals surface area (Å²) < 4.78 is 0. The van der Waals surface area contributed by atoms with Gasteiger partial charge in [-0.2, -0.15) is 0 Å². The second-order valence-corrected chi connectivity index (χ2v) is 3.16. The first-order valence-corrected chi connectivity index (χ1v) is 4.11. The summed E-state index contributed by atoms with van der Waals surface area (Å²) in [6, 6.07) is 0.341. The molecule has 6 heteroatoms. The van der Waals surface area contributed by atoms with Crippen LogP contribution in [0.3, 0.4) is 0 Å². The van der Waals surface area contributed by atoms with Gasteiger partial charge in [-0.3, -0.25) is 4.79 Å². The molecule has 0 saturated heterocycles. The largest absolute Gasteiger partial charge is 0.408 e. The SMILES string of the molecule is CN(CC(=O)NC1CC1)C(N)=NO. The Labute approximate surface area is 76.4 Å². The average Bonchev–Trinajstić information content (AvgIpc) is 2.86. The number of nitrogens with zero attached hydrogens (tertiary/aromatic N) is 2. The van der Waals surface area contributed by atoms with Gasteiger partial charge in [-0.15, -0.1) is 0 Å². The molecule has 0 atom stereocenters. The Hall–Kier alpha value is -1.46. The Bertz CT molecular complexity index is 225. The fraction of sp³-hybridized carbons (Fsp3) is 0.714. The first-order valence-electron chi connectivity index (χ1n) is 4.11. The molecule has 4 N–H and O–H groups in total. The zero-order valence-corrected chi connectivity index (χ0v) is 7.53. The van der Waals surface area contributed by atoms with Gasteiger partial charge < -0.3 is 21.2 Å². The number of carbonyl (C=O) groups is 1. The molecule has 0 spiro atoms. The third-order valence-corrected chi connectivity index (χ3v) is 1.82. The second kappa shape index (κ2) is 3.97. The number of carbonyl (C=O) groups excluding carboxylic acids is 1. The quantitative estimate of drug-likeness (QED) is 0.226. The molecule has 0 unspecified atom stereocenters. The van der Waals surface area contributed by atoms with Gasteiger partial charge in [0.05, 0.1) is 6.54 Å². The molecule has 13 heavy (non-hydrogen) atoms. The van der Waals surface area contributed by atoms with Crippen molar-refractivity contribution in [2.24, 2.45) is 10.9 Å². The van der Waals surface area contributed by atoms with Gasteiger partial charge in [0, 0.05) is 13.1 Å². The lowest BCUT2D eigenvalue weighted by atomic mass is 10.5. The number of hydrogen-bond acceptors (Lipinski definition) is 3. The molecule has 0 radical (unpaired) electrons. The maximum Gasteiger partial charge on any atom is 0.239 e. The van der Waals surface area contributed by atoms with Gasteiger partial charge in [0.25, 0.3) is 0 Å². The third kappa shape index (κ3) is 3.18. The van der Waals surface area contributed by atoms with Crippen molar-refractivity contribution in [3.8, 4) is 0 Å². The minimum Gasteiger partial charge on any atom is -0.408 e. The molecule has 1 fully saturated rings. The van der Waals surface area contributed by atoms with Crippen LogP contribution in [-0.4, -0.2) is 41.6 Å². The molecule has 0 aromatic carbocycles. The highest BCUT2D eigenvalue weighted by Gasteiger charge is 2.23. The van der Waals surface area contributed by atoms with E-state index in [0.717, 1.165) is 12.8 Å². The van der Waals surface area contributed by atoms with Crippen molar-refractivity contribution < 1.29 is 10.0 Å². The van der Waals surface area contributed by atoms with Crippen molar-refractivity contribution >= 4 is 11.9 Å². The average molecular weight is 186 g/mol. The molecule has 0 bridgehead atoms. The van der Waals surface area contributed by atoms with E-state index >= 15 is 0 Å². The first-order chi connectivity index (χ1) is 6.13. The highest BCUT2D eigenvalue weighted by atomic mass is 16.4. The first kappa shape index (κ1) is 9.63. The standard InChI is InChI=1S/C7H14N4O2/c1-11(7(8)10-13)4-6(12)9-5-2-3-5/h5,13H,2-4H2,1H3,(H2,8,10)(H,9,12). The number of rotatable bonds is 3. The van der Waals surface area contributed by atoms with Crippen LogP contribution in [0.1, 0.15) is 12.8 Å². The number of guanidine groups is 1. The predicted octanol–water partition coefficient (Wildman–Crippen LogP) is -1.10. The minimum atomic E-state index is -0.100. The zero-order chi connectivity index (χ0) is 9.84. The van der Waals surface area contributed by atoms with Crippen LogP contribution in [-0.2, 0) is 4.79 Å². The van der Waals surface area contributed by atoms with Crippen molar-refractivity contribution in [2.45, 2.75) is 18.9 Å². The normalized spacial score (nSPS) is 16.8. The van der Waals surface area contributed by atoms with E-state index in [1.54, 1.807) is 7.05 Å². The van der Waals surface area contributed by atoms with Gasteiger partial charge in [-0.1, -0.05) is 5.16 Å². The molecule has 1 aliphatic carbocycles. The Morgan fingerprint density at radius 3 is 2.85 bits per heavy atom. The summed E-state index contributed by atoms with van der Waals surface area (Å²) in [7, 11) is 1.58. The molecule has 6 nitrogen and oxygen atoms in total. The maximum absolute atomic E-state index is 11.2. The number of hydrogen-bond donors (Lipinski definition) is 3. The Morgan fingerprint density at radius 1 is 1.77 bits per heavy atom. The second-order valence-electron chi connectivity index (χ2n) is 3.16. The molecule has 1 saturated carbocycles.